The van der Waals surface area contributed by atoms with Crippen molar-refractivity contribution >= 4 is 16.8 Å². The molecule has 1 atom stereocenters. The molecule has 0 aliphatic carbocycles. The monoisotopic (exact) mass is 270 g/mol. The van der Waals surface area contributed by atoms with E-state index in [0.29, 0.717) is 12.1 Å². The number of pyridine rings is 1. The smallest absolute Gasteiger partial charge is 0.254 e. The Hall–Kier alpha value is -1.94. The molecule has 1 N–H and O–H groups in total. The fourth-order valence-electron chi connectivity index (χ4n) is 2.82. The molecule has 1 aliphatic rings. The van der Waals surface area contributed by atoms with E-state index in [4.69, 9.17) is 0 Å². The first kappa shape index (κ1) is 13.1. The normalized spacial score (nSPS) is 18.7. The highest BCUT2D eigenvalue weighted by Gasteiger charge is 2.27. The van der Waals surface area contributed by atoms with Crippen LogP contribution in [0.3, 0.4) is 0 Å². The summed E-state index contributed by atoms with van der Waals surface area (Å²) in [6, 6.07) is 9.59. The highest BCUT2D eigenvalue weighted by atomic mass is 16.3. The van der Waals surface area contributed by atoms with Crippen LogP contribution < -0.4 is 0 Å². The molecule has 4 nitrogen and oxygen atoms in total. The number of aryl methyl sites for hydroxylation is 1. The topological polar surface area (TPSA) is 53.4 Å². The summed E-state index contributed by atoms with van der Waals surface area (Å²) in [5.41, 5.74) is 2.42. The summed E-state index contributed by atoms with van der Waals surface area (Å²) in [5.74, 6) is 0.260. The summed E-state index contributed by atoms with van der Waals surface area (Å²) in [5, 5.41) is 10.1. The number of benzene rings is 1. The van der Waals surface area contributed by atoms with Gasteiger partial charge in [0.05, 0.1) is 11.1 Å². The number of hydrogen-bond acceptors (Lipinski definition) is 3. The maximum Gasteiger partial charge on any atom is 0.254 e. The summed E-state index contributed by atoms with van der Waals surface area (Å²) in [6.45, 7) is 3.43. The molecular formula is C16H18N2O2. The lowest BCUT2D eigenvalue weighted by atomic mass is 10.1. The van der Waals surface area contributed by atoms with E-state index in [1.807, 2.05) is 42.2 Å². The van der Waals surface area contributed by atoms with E-state index in [9.17, 15) is 9.90 Å². The number of amides is 1. The average molecular weight is 270 g/mol. The molecule has 104 valence electrons. The van der Waals surface area contributed by atoms with E-state index < -0.39 is 0 Å². The summed E-state index contributed by atoms with van der Waals surface area (Å²) in [4.78, 5) is 19.0. The van der Waals surface area contributed by atoms with Gasteiger partial charge in [0, 0.05) is 36.7 Å². The molecule has 1 aliphatic heterocycles. The predicted molar refractivity (Wildman–Crippen MR) is 77.6 cm³/mol. The molecule has 1 aromatic heterocycles. The molecule has 1 saturated heterocycles. The standard InChI is InChI=1S/C16H18N2O2/c1-11-8-14(13-4-2-3-5-15(13)17-11)16(20)18-7-6-12(9-18)10-19/h2-5,8,12,19H,6-7,9-10H2,1H3. The minimum atomic E-state index is 0.0441. The highest BCUT2D eigenvalue weighted by Crippen LogP contribution is 2.23. The van der Waals surface area contributed by atoms with Gasteiger partial charge in [0.25, 0.3) is 5.91 Å². The fourth-order valence-corrected chi connectivity index (χ4v) is 2.82. The molecule has 0 spiro atoms. The van der Waals surface area contributed by atoms with E-state index in [0.717, 1.165) is 29.6 Å². The van der Waals surface area contributed by atoms with Crippen molar-refractivity contribution in [1.82, 2.24) is 9.88 Å². The van der Waals surface area contributed by atoms with Crippen LogP contribution in [0.2, 0.25) is 0 Å². The average Bonchev–Trinajstić information content (AvgIpc) is 2.94. The number of aliphatic hydroxyl groups excluding tert-OH is 1. The van der Waals surface area contributed by atoms with Gasteiger partial charge >= 0.3 is 0 Å². The number of rotatable bonds is 2. The number of aliphatic hydroxyl groups is 1. The first-order valence-electron chi connectivity index (χ1n) is 6.95. The third-order valence-electron chi connectivity index (χ3n) is 3.91. The fraction of sp³-hybridized carbons (Fsp3) is 0.375. The van der Waals surface area contributed by atoms with Crippen molar-refractivity contribution in [2.24, 2.45) is 5.92 Å². The largest absolute Gasteiger partial charge is 0.396 e. The van der Waals surface area contributed by atoms with Crippen LogP contribution in [-0.2, 0) is 0 Å². The van der Waals surface area contributed by atoms with Crippen LogP contribution in [0.1, 0.15) is 22.5 Å². The number of carbonyl (C=O) groups is 1. The second-order valence-corrected chi connectivity index (χ2v) is 5.42. The van der Waals surface area contributed by atoms with E-state index >= 15 is 0 Å². The van der Waals surface area contributed by atoms with Gasteiger partial charge in [0.15, 0.2) is 0 Å². The molecule has 0 bridgehead atoms. The van der Waals surface area contributed by atoms with Crippen molar-refractivity contribution in [3.8, 4) is 0 Å². The van der Waals surface area contributed by atoms with Gasteiger partial charge in [-0.1, -0.05) is 18.2 Å². The lowest BCUT2D eigenvalue weighted by Gasteiger charge is -2.17. The van der Waals surface area contributed by atoms with Gasteiger partial charge in [-0.05, 0) is 25.5 Å². The molecule has 4 heteroatoms. The summed E-state index contributed by atoms with van der Waals surface area (Å²) < 4.78 is 0. The predicted octanol–water partition coefficient (Wildman–Crippen LogP) is 2.00. The maximum absolute atomic E-state index is 12.7. The molecule has 3 rings (SSSR count). The van der Waals surface area contributed by atoms with Gasteiger partial charge < -0.3 is 10.0 Å². The number of carbonyl (C=O) groups excluding carboxylic acids is 1. The number of para-hydroxylation sites is 1. The van der Waals surface area contributed by atoms with Crippen LogP contribution in [0, 0.1) is 12.8 Å². The molecule has 2 heterocycles. The minimum Gasteiger partial charge on any atom is -0.396 e. The Morgan fingerprint density at radius 2 is 2.25 bits per heavy atom. The molecule has 0 radical (unpaired) electrons. The molecule has 2 aromatic rings. The second kappa shape index (κ2) is 5.21. The number of hydrogen-bond donors (Lipinski definition) is 1. The molecule has 20 heavy (non-hydrogen) atoms. The van der Waals surface area contributed by atoms with Crippen LogP contribution in [0.15, 0.2) is 30.3 Å². The van der Waals surface area contributed by atoms with Crippen molar-refractivity contribution in [2.45, 2.75) is 13.3 Å². The Morgan fingerprint density at radius 3 is 3.00 bits per heavy atom. The van der Waals surface area contributed by atoms with Crippen molar-refractivity contribution in [3.05, 3.63) is 41.6 Å². The van der Waals surface area contributed by atoms with Crippen LogP contribution in [-0.4, -0.2) is 40.6 Å². The van der Waals surface area contributed by atoms with Crippen LogP contribution in [0.4, 0.5) is 0 Å². The van der Waals surface area contributed by atoms with Crippen molar-refractivity contribution in [2.75, 3.05) is 19.7 Å². The van der Waals surface area contributed by atoms with Gasteiger partial charge in [-0.15, -0.1) is 0 Å². The van der Waals surface area contributed by atoms with Crippen LogP contribution in [0.25, 0.3) is 10.9 Å². The van der Waals surface area contributed by atoms with E-state index in [2.05, 4.69) is 4.98 Å². The Morgan fingerprint density at radius 1 is 1.45 bits per heavy atom. The molecule has 1 unspecified atom stereocenters. The highest BCUT2D eigenvalue weighted by molar-refractivity contribution is 6.06. The number of likely N-dealkylation sites (tertiary alicyclic amines) is 1. The first-order valence-corrected chi connectivity index (χ1v) is 6.95. The molecule has 1 amide bonds. The van der Waals surface area contributed by atoms with Crippen molar-refractivity contribution in [1.29, 1.82) is 0 Å². The second-order valence-electron chi connectivity index (χ2n) is 5.42. The minimum absolute atomic E-state index is 0.0441. The van der Waals surface area contributed by atoms with Crippen molar-refractivity contribution in [3.63, 3.8) is 0 Å². The number of nitrogens with zero attached hydrogens (tertiary/aromatic N) is 2. The van der Waals surface area contributed by atoms with Gasteiger partial charge in [0.1, 0.15) is 0 Å². The zero-order valence-electron chi connectivity index (χ0n) is 11.5. The van der Waals surface area contributed by atoms with Crippen LogP contribution in [0.5, 0.6) is 0 Å². The van der Waals surface area contributed by atoms with E-state index in [1.54, 1.807) is 0 Å². The van der Waals surface area contributed by atoms with Crippen LogP contribution >= 0.6 is 0 Å². The lowest BCUT2D eigenvalue weighted by molar-refractivity contribution is 0.0783. The summed E-state index contributed by atoms with van der Waals surface area (Å²) >= 11 is 0. The SMILES string of the molecule is Cc1cc(C(=O)N2CCC(CO)C2)c2ccccc2n1. The van der Waals surface area contributed by atoms with Gasteiger partial charge in [-0.3, -0.25) is 9.78 Å². The Kier molecular flexibility index (Phi) is 3.40. The third kappa shape index (κ3) is 2.27. The van der Waals surface area contributed by atoms with Gasteiger partial charge in [0.2, 0.25) is 0 Å². The van der Waals surface area contributed by atoms with Gasteiger partial charge in [-0.25, -0.2) is 0 Å². The zero-order chi connectivity index (χ0) is 14.1. The van der Waals surface area contributed by atoms with Gasteiger partial charge in [-0.2, -0.15) is 0 Å². The number of aromatic nitrogens is 1. The lowest BCUT2D eigenvalue weighted by Crippen LogP contribution is -2.29. The van der Waals surface area contributed by atoms with E-state index in [-0.39, 0.29) is 18.4 Å². The zero-order valence-corrected chi connectivity index (χ0v) is 11.5. The Labute approximate surface area is 118 Å². The Bertz CT molecular complexity index is 654. The quantitative estimate of drug-likeness (QED) is 0.908. The van der Waals surface area contributed by atoms with Crippen molar-refractivity contribution < 1.29 is 9.90 Å². The third-order valence-corrected chi connectivity index (χ3v) is 3.91. The number of fused-ring (bicyclic) bond motifs is 1. The maximum atomic E-state index is 12.7. The summed E-state index contributed by atoms with van der Waals surface area (Å²) in [7, 11) is 0. The molecule has 0 saturated carbocycles. The molecular weight excluding hydrogens is 252 g/mol. The van der Waals surface area contributed by atoms with E-state index in [1.165, 1.54) is 0 Å². The first-order chi connectivity index (χ1) is 9.69. The molecule has 1 aromatic carbocycles. The molecule has 1 fully saturated rings. The summed E-state index contributed by atoms with van der Waals surface area (Å²) in [6.07, 6.45) is 0.879. The Balaban J connectivity index is 1.99.